The van der Waals surface area contributed by atoms with E-state index in [9.17, 15) is 0 Å². The van der Waals surface area contributed by atoms with Crippen LogP contribution in [0.15, 0.2) is 18.2 Å². The first kappa shape index (κ1) is 14.8. The molecule has 106 valence electrons. The van der Waals surface area contributed by atoms with Crippen molar-refractivity contribution in [3.8, 4) is 0 Å². The Hall–Kier alpha value is -0.570. The Balaban J connectivity index is 2.02. The minimum Gasteiger partial charge on any atom is -0.317 e. The van der Waals surface area contributed by atoms with Gasteiger partial charge < -0.3 is 5.32 Å². The third-order valence-corrected chi connectivity index (χ3v) is 4.50. The van der Waals surface area contributed by atoms with Crippen molar-refractivity contribution >= 4 is 11.6 Å². The van der Waals surface area contributed by atoms with Crippen molar-refractivity contribution < 1.29 is 0 Å². The number of hydrogen-bond acceptors (Lipinski definition) is 2. The van der Waals surface area contributed by atoms with Crippen LogP contribution in [0.1, 0.15) is 37.3 Å². The third-order valence-electron chi connectivity index (χ3n) is 4.09. The van der Waals surface area contributed by atoms with E-state index in [1.165, 1.54) is 31.4 Å². The maximum atomic E-state index is 6.22. The number of nitrogens with zero attached hydrogens (tertiary/aromatic N) is 1. The van der Waals surface area contributed by atoms with Crippen LogP contribution in [-0.2, 0) is 6.54 Å². The summed E-state index contributed by atoms with van der Waals surface area (Å²) in [7, 11) is 0. The Bertz CT molecular complexity index is 398. The minimum atomic E-state index is 0.708. The van der Waals surface area contributed by atoms with Crippen molar-refractivity contribution in [2.45, 2.75) is 45.7 Å². The summed E-state index contributed by atoms with van der Waals surface area (Å²) < 4.78 is 0. The minimum absolute atomic E-state index is 0.708. The number of aryl methyl sites for hydroxylation is 1. The number of hydrogen-bond donors (Lipinski definition) is 1. The van der Waals surface area contributed by atoms with Crippen LogP contribution >= 0.6 is 11.6 Å². The lowest BCUT2D eigenvalue weighted by atomic mass is 10.1. The molecule has 0 bridgehead atoms. The monoisotopic (exact) mass is 280 g/mol. The molecule has 1 heterocycles. The van der Waals surface area contributed by atoms with E-state index < -0.39 is 0 Å². The van der Waals surface area contributed by atoms with Crippen LogP contribution in [0.25, 0.3) is 0 Å². The van der Waals surface area contributed by atoms with E-state index in [4.69, 9.17) is 11.6 Å². The van der Waals surface area contributed by atoms with Crippen molar-refractivity contribution in [1.29, 1.82) is 0 Å². The van der Waals surface area contributed by atoms with Crippen molar-refractivity contribution in [2.75, 3.05) is 19.6 Å². The van der Waals surface area contributed by atoms with E-state index >= 15 is 0 Å². The lowest BCUT2D eigenvalue weighted by molar-refractivity contribution is 0.182. The molecule has 19 heavy (non-hydrogen) atoms. The molecular formula is C16H25ClN2. The van der Waals surface area contributed by atoms with Crippen molar-refractivity contribution in [3.63, 3.8) is 0 Å². The molecule has 0 amide bonds. The van der Waals surface area contributed by atoms with Gasteiger partial charge in [-0.1, -0.05) is 30.7 Å². The highest BCUT2D eigenvalue weighted by Crippen LogP contribution is 2.20. The summed E-state index contributed by atoms with van der Waals surface area (Å²) >= 11 is 6.22. The Labute approximate surface area is 122 Å². The first-order valence-electron chi connectivity index (χ1n) is 7.40. The van der Waals surface area contributed by atoms with E-state index in [-0.39, 0.29) is 0 Å². The summed E-state index contributed by atoms with van der Waals surface area (Å²) in [5.74, 6) is 0. The van der Waals surface area contributed by atoms with Gasteiger partial charge in [0.25, 0.3) is 0 Å². The van der Waals surface area contributed by atoms with Crippen molar-refractivity contribution in [1.82, 2.24) is 10.2 Å². The summed E-state index contributed by atoms with van der Waals surface area (Å²) in [6, 6.07) is 7.16. The number of benzene rings is 1. The van der Waals surface area contributed by atoms with Gasteiger partial charge >= 0.3 is 0 Å². The van der Waals surface area contributed by atoms with Crippen LogP contribution in [0.4, 0.5) is 0 Å². The molecule has 0 aliphatic carbocycles. The molecule has 1 N–H and O–H groups in total. The van der Waals surface area contributed by atoms with Crippen LogP contribution < -0.4 is 5.32 Å². The zero-order chi connectivity index (χ0) is 13.7. The molecule has 1 aliphatic rings. The fourth-order valence-corrected chi connectivity index (χ4v) is 3.04. The predicted octanol–water partition coefficient (Wildman–Crippen LogP) is 3.61. The SMILES string of the molecule is CCN(Cc1ccc(C)c(Cl)c1)C1CCCNCC1. The van der Waals surface area contributed by atoms with Crippen LogP contribution in [0.3, 0.4) is 0 Å². The van der Waals surface area contributed by atoms with Gasteiger partial charge in [0.15, 0.2) is 0 Å². The third kappa shape index (κ3) is 4.20. The zero-order valence-corrected chi connectivity index (χ0v) is 12.8. The molecule has 1 aromatic rings. The first-order valence-corrected chi connectivity index (χ1v) is 7.78. The molecule has 1 aromatic carbocycles. The smallest absolute Gasteiger partial charge is 0.0438 e. The number of halogens is 1. The quantitative estimate of drug-likeness (QED) is 0.906. The normalized spacial score (nSPS) is 20.5. The summed E-state index contributed by atoms with van der Waals surface area (Å²) in [5.41, 5.74) is 2.49. The maximum absolute atomic E-state index is 6.22. The van der Waals surface area contributed by atoms with E-state index in [0.29, 0.717) is 6.04 Å². The van der Waals surface area contributed by atoms with Crippen molar-refractivity contribution in [2.24, 2.45) is 0 Å². The summed E-state index contributed by atoms with van der Waals surface area (Å²) in [4.78, 5) is 2.59. The molecular weight excluding hydrogens is 256 g/mol. The van der Waals surface area contributed by atoms with E-state index in [1.54, 1.807) is 0 Å². The highest BCUT2D eigenvalue weighted by Gasteiger charge is 2.18. The highest BCUT2D eigenvalue weighted by molar-refractivity contribution is 6.31. The Morgan fingerprint density at radius 1 is 1.32 bits per heavy atom. The molecule has 1 aliphatic heterocycles. The predicted molar refractivity (Wildman–Crippen MR) is 82.8 cm³/mol. The fourth-order valence-electron chi connectivity index (χ4n) is 2.83. The molecule has 1 fully saturated rings. The molecule has 1 unspecified atom stereocenters. The van der Waals surface area contributed by atoms with Crippen molar-refractivity contribution in [3.05, 3.63) is 34.3 Å². The number of nitrogens with one attached hydrogen (secondary N) is 1. The van der Waals surface area contributed by atoms with E-state index in [2.05, 4.69) is 42.3 Å². The molecule has 0 radical (unpaired) electrons. The second kappa shape index (κ2) is 7.28. The average molecular weight is 281 g/mol. The molecule has 2 nitrogen and oxygen atoms in total. The van der Waals surface area contributed by atoms with E-state index in [0.717, 1.165) is 30.2 Å². The molecule has 2 rings (SSSR count). The van der Waals surface area contributed by atoms with Gasteiger partial charge in [0.05, 0.1) is 0 Å². The standard InChI is InChI=1S/C16H25ClN2/c1-3-19(15-5-4-9-18-10-8-15)12-14-7-6-13(2)16(17)11-14/h6-7,11,15,18H,3-5,8-10,12H2,1-2H3. The van der Waals surface area contributed by atoms with Gasteiger partial charge in [0.1, 0.15) is 0 Å². The van der Waals surface area contributed by atoms with Gasteiger partial charge in [0.2, 0.25) is 0 Å². The lowest BCUT2D eigenvalue weighted by Gasteiger charge is -2.30. The summed E-state index contributed by atoms with van der Waals surface area (Å²) in [6.45, 7) is 8.76. The lowest BCUT2D eigenvalue weighted by Crippen LogP contribution is -2.35. The molecule has 0 aromatic heterocycles. The number of rotatable bonds is 4. The van der Waals surface area contributed by atoms with Gasteiger partial charge in [-0.2, -0.15) is 0 Å². The Kier molecular flexibility index (Phi) is 5.68. The maximum Gasteiger partial charge on any atom is 0.0438 e. The van der Waals surface area contributed by atoms with Crippen LogP contribution in [-0.4, -0.2) is 30.6 Å². The van der Waals surface area contributed by atoms with Gasteiger partial charge in [-0.05, 0) is 63.0 Å². The zero-order valence-electron chi connectivity index (χ0n) is 12.1. The molecule has 0 saturated carbocycles. The molecule has 3 heteroatoms. The Morgan fingerprint density at radius 3 is 2.89 bits per heavy atom. The Morgan fingerprint density at radius 2 is 2.16 bits per heavy atom. The molecule has 1 saturated heterocycles. The van der Waals surface area contributed by atoms with Crippen LogP contribution in [0.2, 0.25) is 5.02 Å². The second-order valence-corrected chi connectivity index (χ2v) is 5.89. The largest absolute Gasteiger partial charge is 0.317 e. The topological polar surface area (TPSA) is 15.3 Å². The van der Waals surface area contributed by atoms with Gasteiger partial charge in [-0.3, -0.25) is 4.90 Å². The van der Waals surface area contributed by atoms with Crippen LogP contribution in [0.5, 0.6) is 0 Å². The summed E-state index contributed by atoms with van der Waals surface area (Å²) in [6.07, 6.45) is 3.85. The van der Waals surface area contributed by atoms with Gasteiger partial charge in [0, 0.05) is 17.6 Å². The molecule has 1 atom stereocenters. The summed E-state index contributed by atoms with van der Waals surface area (Å²) in [5, 5.41) is 4.37. The van der Waals surface area contributed by atoms with E-state index in [1.807, 2.05) is 0 Å². The van der Waals surface area contributed by atoms with Gasteiger partial charge in [-0.15, -0.1) is 0 Å². The molecule has 0 spiro atoms. The average Bonchev–Trinajstić information content (AvgIpc) is 2.69. The highest BCUT2D eigenvalue weighted by atomic mass is 35.5. The second-order valence-electron chi connectivity index (χ2n) is 5.48. The van der Waals surface area contributed by atoms with Crippen LogP contribution in [0, 0.1) is 6.92 Å². The van der Waals surface area contributed by atoms with Gasteiger partial charge in [-0.25, -0.2) is 0 Å². The fraction of sp³-hybridized carbons (Fsp3) is 0.625. The first-order chi connectivity index (χ1) is 9.20.